The van der Waals surface area contributed by atoms with E-state index in [1.807, 2.05) is 0 Å². The largest absolute Gasteiger partial charge is 0.505 e. The number of methoxy groups -OCH3 is 1. The maximum Gasteiger partial charge on any atom is 0.342 e. The summed E-state index contributed by atoms with van der Waals surface area (Å²) >= 11 is 2.98. The summed E-state index contributed by atoms with van der Waals surface area (Å²) in [6.45, 7) is 0. The summed E-state index contributed by atoms with van der Waals surface area (Å²) in [7, 11) is 1.05. The van der Waals surface area contributed by atoms with Crippen molar-refractivity contribution in [2.75, 3.05) is 7.11 Å². The fraction of sp³-hybridized carbons (Fsp3) is 0.333. The molecule has 16 heavy (non-hydrogen) atoms. The summed E-state index contributed by atoms with van der Waals surface area (Å²) < 4.78 is 29.9. The average molecular weight is 296 g/mol. The highest BCUT2D eigenvalue weighted by atomic mass is 79.9. The van der Waals surface area contributed by atoms with Gasteiger partial charge in [-0.1, -0.05) is 15.9 Å². The number of carbonyl (C=O) groups is 1. The molecule has 0 amide bonds. The summed E-state index contributed by atoms with van der Waals surface area (Å²) in [5.74, 6) is -1.63. The number of halogens is 3. The van der Waals surface area contributed by atoms with Crippen LogP contribution in [0.4, 0.5) is 8.78 Å². The van der Waals surface area contributed by atoms with E-state index in [0.29, 0.717) is 0 Å². The predicted molar refractivity (Wildman–Crippen MR) is 54.8 cm³/mol. The molecule has 0 aromatic carbocycles. The number of hydrogen-bond donors (Lipinski definition) is 1. The van der Waals surface area contributed by atoms with E-state index < -0.39 is 29.3 Å². The van der Waals surface area contributed by atoms with Crippen molar-refractivity contribution in [2.45, 2.75) is 11.8 Å². The smallest absolute Gasteiger partial charge is 0.342 e. The van der Waals surface area contributed by atoms with Crippen molar-refractivity contribution >= 4 is 21.9 Å². The second kappa shape index (κ2) is 5.20. The molecule has 0 aliphatic rings. The summed E-state index contributed by atoms with van der Waals surface area (Å²) in [6.07, 6.45) is -1.98. The lowest BCUT2D eigenvalue weighted by Crippen LogP contribution is -2.10. The fourth-order valence-electron chi connectivity index (χ4n) is 1.21. The van der Waals surface area contributed by atoms with Gasteiger partial charge in [-0.15, -0.1) is 0 Å². The molecule has 1 aromatic rings. The molecule has 0 saturated heterocycles. The van der Waals surface area contributed by atoms with Crippen molar-refractivity contribution in [1.82, 2.24) is 4.98 Å². The monoisotopic (exact) mass is 295 g/mol. The Bertz CT molecular complexity index is 412. The molecular formula is C9H8BrF2NO3. The summed E-state index contributed by atoms with van der Waals surface area (Å²) in [5, 5.41) is 9.40. The van der Waals surface area contributed by atoms with Crippen LogP contribution >= 0.6 is 15.9 Å². The van der Waals surface area contributed by atoms with Crippen LogP contribution in [0.1, 0.15) is 28.0 Å². The molecule has 4 nitrogen and oxygen atoms in total. The number of aromatic hydroxyl groups is 1. The number of nitrogens with zero attached hydrogens (tertiary/aromatic N) is 1. The van der Waals surface area contributed by atoms with E-state index in [9.17, 15) is 18.7 Å². The van der Waals surface area contributed by atoms with Gasteiger partial charge in [-0.3, -0.25) is 4.98 Å². The van der Waals surface area contributed by atoms with Crippen LogP contribution in [0.5, 0.6) is 5.75 Å². The third-order valence-electron chi connectivity index (χ3n) is 1.91. The lowest BCUT2D eigenvalue weighted by Gasteiger charge is -2.11. The standard InChI is InChI=1S/C9H8BrF2NO3/c1-16-9(15)7-5(14)3-13-4(2-10)6(7)8(11)12/h3,8,14H,2H2,1H3. The Morgan fingerprint density at radius 2 is 2.31 bits per heavy atom. The topological polar surface area (TPSA) is 59.4 Å². The number of rotatable bonds is 3. The van der Waals surface area contributed by atoms with E-state index in [-0.39, 0.29) is 11.0 Å². The van der Waals surface area contributed by atoms with E-state index >= 15 is 0 Å². The molecule has 0 unspecified atom stereocenters. The number of ether oxygens (including phenoxy) is 1. The number of esters is 1. The van der Waals surface area contributed by atoms with Gasteiger partial charge in [0, 0.05) is 5.33 Å². The molecule has 1 rings (SSSR count). The zero-order valence-electron chi connectivity index (χ0n) is 8.21. The molecule has 1 heterocycles. The SMILES string of the molecule is COC(=O)c1c(O)cnc(CBr)c1C(F)F. The molecular weight excluding hydrogens is 288 g/mol. The van der Waals surface area contributed by atoms with Gasteiger partial charge in [0.05, 0.1) is 24.6 Å². The zero-order valence-corrected chi connectivity index (χ0v) is 9.79. The molecule has 0 bridgehead atoms. The number of pyridine rings is 1. The molecule has 88 valence electrons. The highest BCUT2D eigenvalue weighted by molar-refractivity contribution is 9.08. The summed E-state index contributed by atoms with van der Waals surface area (Å²) in [5.41, 5.74) is -1.15. The van der Waals surface area contributed by atoms with Crippen LogP contribution in [0.25, 0.3) is 0 Å². The molecule has 7 heteroatoms. The van der Waals surface area contributed by atoms with Gasteiger partial charge in [-0.2, -0.15) is 0 Å². The van der Waals surface area contributed by atoms with E-state index in [1.54, 1.807) is 0 Å². The zero-order chi connectivity index (χ0) is 12.3. The molecule has 1 aromatic heterocycles. The van der Waals surface area contributed by atoms with Crippen molar-refractivity contribution in [3.05, 3.63) is 23.0 Å². The van der Waals surface area contributed by atoms with Crippen molar-refractivity contribution in [1.29, 1.82) is 0 Å². The van der Waals surface area contributed by atoms with Crippen molar-refractivity contribution in [3.63, 3.8) is 0 Å². The Hall–Kier alpha value is -1.24. The highest BCUT2D eigenvalue weighted by Gasteiger charge is 2.26. The number of alkyl halides is 3. The van der Waals surface area contributed by atoms with Crippen LogP contribution < -0.4 is 0 Å². The average Bonchev–Trinajstić information content (AvgIpc) is 2.27. The van der Waals surface area contributed by atoms with Crippen LogP contribution in [0, 0.1) is 0 Å². The third-order valence-corrected chi connectivity index (χ3v) is 2.44. The Labute approximate surface area is 98.4 Å². The Morgan fingerprint density at radius 3 is 2.75 bits per heavy atom. The molecule has 1 N–H and O–H groups in total. The minimum atomic E-state index is -2.92. The maximum absolute atomic E-state index is 12.8. The van der Waals surface area contributed by atoms with Crippen LogP contribution in [-0.4, -0.2) is 23.2 Å². The second-order valence-electron chi connectivity index (χ2n) is 2.80. The van der Waals surface area contributed by atoms with Gasteiger partial charge in [0.1, 0.15) is 11.3 Å². The number of hydrogen-bond acceptors (Lipinski definition) is 4. The molecule has 0 atom stereocenters. The highest BCUT2D eigenvalue weighted by Crippen LogP contribution is 2.32. The molecule has 0 saturated carbocycles. The number of carbonyl (C=O) groups excluding carboxylic acids is 1. The first-order chi connectivity index (χ1) is 7.52. The van der Waals surface area contributed by atoms with Crippen LogP contribution in [0.15, 0.2) is 6.20 Å². The van der Waals surface area contributed by atoms with Gasteiger partial charge in [-0.25, -0.2) is 13.6 Å². The summed E-state index contributed by atoms with van der Waals surface area (Å²) in [4.78, 5) is 14.9. The van der Waals surface area contributed by atoms with Crippen molar-refractivity contribution < 1.29 is 23.4 Å². The Morgan fingerprint density at radius 1 is 1.69 bits per heavy atom. The lowest BCUT2D eigenvalue weighted by atomic mass is 10.1. The first-order valence-electron chi connectivity index (χ1n) is 4.16. The van der Waals surface area contributed by atoms with E-state index in [0.717, 1.165) is 13.3 Å². The van der Waals surface area contributed by atoms with Crippen LogP contribution in [0.2, 0.25) is 0 Å². The normalized spacial score (nSPS) is 10.6. The van der Waals surface area contributed by atoms with Gasteiger partial charge < -0.3 is 9.84 Å². The fourth-order valence-corrected chi connectivity index (χ4v) is 1.66. The molecule has 0 aliphatic heterocycles. The van der Waals surface area contributed by atoms with Gasteiger partial charge in [0.25, 0.3) is 6.43 Å². The molecule has 0 fully saturated rings. The Balaban J connectivity index is 3.48. The van der Waals surface area contributed by atoms with Crippen molar-refractivity contribution in [2.24, 2.45) is 0 Å². The van der Waals surface area contributed by atoms with E-state index in [4.69, 9.17) is 0 Å². The third kappa shape index (κ3) is 2.29. The van der Waals surface area contributed by atoms with Crippen LogP contribution in [0.3, 0.4) is 0 Å². The summed E-state index contributed by atoms with van der Waals surface area (Å²) in [6, 6.07) is 0. The van der Waals surface area contributed by atoms with Crippen molar-refractivity contribution in [3.8, 4) is 5.75 Å². The van der Waals surface area contributed by atoms with Gasteiger partial charge in [-0.05, 0) is 0 Å². The first-order valence-corrected chi connectivity index (χ1v) is 5.28. The maximum atomic E-state index is 12.8. The van der Waals surface area contributed by atoms with E-state index in [1.165, 1.54) is 0 Å². The molecule has 0 aliphatic carbocycles. The Kier molecular flexibility index (Phi) is 4.17. The minimum Gasteiger partial charge on any atom is -0.505 e. The van der Waals surface area contributed by atoms with Gasteiger partial charge in [0.15, 0.2) is 0 Å². The first kappa shape index (κ1) is 12.8. The van der Waals surface area contributed by atoms with E-state index in [2.05, 4.69) is 25.7 Å². The van der Waals surface area contributed by atoms with Gasteiger partial charge in [0.2, 0.25) is 0 Å². The van der Waals surface area contributed by atoms with Gasteiger partial charge >= 0.3 is 5.97 Å². The molecule has 0 radical (unpaired) electrons. The minimum absolute atomic E-state index is 0.00630. The quantitative estimate of drug-likeness (QED) is 0.687. The predicted octanol–water partition coefficient (Wildman–Crippen LogP) is 2.41. The van der Waals surface area contributed by atoms with Crippen LogP contribution in [-0.2, 0) is 10.1 Å². The second-order valence-corrected chi connectivity index (χ2v) is 3.37. The number of aromatic nitrogens is 1. The molecule has 0 spiro atoms. The lowest BCUT2D eigenvalue weighted by molar-refractivity contribution is 0.0584.